The lowest BCUT2D eigenvalue weighted by molar-refractivity contribution is 1.17. The summed E-state index contributed by atoms with van der Waals surface area (Å²) in [6.45, 7) is 8.28. The molecule has 3 heterocycles. The second-order valence-corrected chi connectivity index (χ2v) is 13.9. The first-order valence-electron chi connectivity index (χ1n) is 18.3. The van der Waals surface area contributed by atoms with Crippen LogP contribution < -0.4 is 0 Å². The number of para-hydroxylation sites is 5. The third-order valence-electron chi connectivity index (χ3n) is 11.1. The van der Waals surface area contributed by atoms with E-state index in [1.54, 1.807) is 0 Å². The van der Waals surface area contributed by atoms with Crippen LogP contribution in [-0.4, -0.2) is 13.7 Å². The van der Waals surface area contributed by atoms with Crippen LogP contribution in [0.4, 0.5) is 5.69 Å². The topological polar surface area (TPSA) is 42.9 Å². The van der Waals surface area contributed by atoms with Crippen LogP contribution in [0, 0.1) is 17.9 Å². The molecule has 0 saturated carbocycles. The number of hydrogen-bond acceptors (Lipinski definition) is 1. The maximum atomic E-state index is 10.0. The molecule has 0 fully saturated rings. The number of hydrogen-bond donors (Lipinski definition) is 0. The molecule has 0 saturated heterocycles. The van der Waals surface area contributed by atoms with Gasteiger partial charge in [-0.3, -0.25) is 0 Å². The molecule has 0 atom stereocenters. The minimum absolute atomic E-state index is 0.585. The van der Waals surface area contributed by atoms with Gasteiger partial charge >= 0.3 is 0 Å². The Labute approximate surface area is 316 Å². The molecule has 0 aliphatic heterocycles. The first kappa shape index (κ1) is 30.7. The highest BCUT2D eigenvalue weighted by Gasteiger charge is 2.19. The average Bonchev–Trinajstić information content (AvgIpc) is 3.89. The number of nitrogens with zero attached hydrogens (tertiary/aromatic N) is 5. The van der Waals surface area contributed by atoms with Crippen molar-refractivity contribution in [3.8, 4) is 34.3 Å². The maximum Gasteiger partial charge on any atom is 0.196 e. The van der Waals surface area contributed by atoms with E-state index in [4.69, 9.17) is 6.57 Å². The van der Waals surface area contributed by atoms with Gasteiger partial charge < -0.3 is 13.7 Å². The lowest BCUT2D eigenvalue weighted by Crippen LogP contribution is -1.96. The molecule has 0 spiro atoms. The Morgan fingerprint density at radius 3 is 1.49 bits per heavy atom. The van der Waals surface area contributed by atoms with Crippen molar-refractivity contribution >= 4 is 71.1 Å². The predicted molar refractivity (Wildman–Crippen MR) is 226 cm³/mol. The highest BCUT2D eigenvalue weighted by atomic mass is 15.0. The zero-order valence-electron chi connectivity index (χ0n) is 29.5. The molecule has 3 aromatic heterocycles. The van der Waals surface area contributed by atoms with Crippen LogP contribution in [0.2, 0.25) is 0 Å². The summed E-state index contributed by atoms with van der Waals surface area (Å²) in [7, 11) is 0. The van der Waals surface area contributed by atoms with Gasteiger partial charge in [0.05, 0.1) is 45.2 Å². The monoisotopic (exact) mass is 699 g/mol. The van der Waals surface area contributed by atoms with Gasteiger partial charge in [-0.05, 0) is 83.9 Å². The summed E-state index contributed by atoms with van der Waals surface area (Å²) in [5, 5.41) is 17.0. The summed E-state index contributed by atoms with van der Waals surface area (Å²) in [5.41, 5.74) is 12.6. The lowest BCUT2D eigenvalue weighted by atomic mass is 10.0. The molecule has 0 aliphatic carbocycles. The SMILES string of the molecule is [C-]#[N+]c1cc(-n2c3ccccc3c3cc(-n4c5ccccc5c5ccccc54)ccc32)ccc1-c1ccc(-n2c3ccccc3c3cccc(C#N)c32)cc1. The summed E-state index contributed by atoms with van der Waals surface area (Å²) in [4.78, 5) is 4.05. The van der Waals surface area contributed by atoms with E-state index in [1.165, 1.54) is 21.8 Å². The van der Waals surface area contributed by atoms with Crippen LogP contribution in [0.1, 0.15) is 5.56 Å². The molecule has 254 valence electrons. The largest absolute Gasteiger partial charge is 0.311 e. The Hall–Kier alpha value is -7.86. The fourth-order valence-electron chi connectivity index (χ4n) is 8.74. The molecule has 0 amide bonds. The van der Waals surface area contributed by atoms with Gasteiger partial charge in [0, 0.05) is 49.4 Å². The van der Waals surface area contributed by atoms with E-state index in [-0.39, 0.29) is 0 Å². The number of benzene rings is 8. The van der Waals surface area contributed by atoms with Crippen molar-refractivity contribution in [2.75, 3.05) is 0 Å². The van der Waals surface area contributed by atoms with Gasteiger partial charge in [0.25, 0.3) is 0 Å². The van der Waals surface area contributed by atoms with Crippen molar-refractivity contribution in [2.24, 2.45) is 0 Å². The molecule has 5 heteroatoms. The van der Waals surface area contributed by atoms with Gasteiger partial charge in [-0.15, -0.1) is 0 Å². The van der Waals surface area contributed by atoms with Gasteiger partial charge in [-0.1, -0.05) is 103 Å². The smallest absolute Gasteiger partial charge is 0.196 e. The highest BCUT2D eigenvalue weighted by molar-refractivity contribution is 6.13. The summed E-state index contributed by atoms with van der Waals surface area (Å²) in [6, 6.07) is 63.5. The van der Waals surface area contributed by atoms with Gasteiger partial charge in [-0.25, -0.2) is 4.85 Å². The molecule has 5 nitrogen and oxygen atoms in total. The number of rotatable bonds is 4. The van der Waals surface area contributed by atoms with Crippen molar-refractivity contribution in [3.63, 3.8) is 0 Å². The molecule has 0 aliphatic rings. The zero-order valence-corrected chi connectivity index (χ0v) is 29.5. The van der Waals surface area contributed by atoms with E-state index in [9.17, 15) is 5.26 Å². The lowest BCUT2D eigenvalue weighted by Gasteiger charge is -2.13. The molecule has 0 radical (unpaired) electrons. The summed E-state index contributed by atoms with van der Waals surface area (Å²) < 4.78 is 6.80. The molecular weight excluding hydrogens is 671 g/mol. The molecule has 11 aromatic rings. The van der Waals surface area contributed by atoms with Gasteiger partial charge in [0.2, 0.25) is 0 Å². The normalized spacial score (nSPS) is 11.6. The summed E-state index contributed by atoms with van der Waals surface area (Å²) in [5.74, 6) is 0. The average molecular weight is 700 g/mol. The number of fused-ring (bicyclic) bond motifs is 9. The van der Waals surface area contributed by atoms with Crippen molar-refractivity contribution in [2.45, 2.75) is 0 Å². The third kappa shape index (κ3) is 4.45. The Kier molecular flexibility index (Phi) is 6.61. The van der Waals surface area contributed by atoms with Gasteiger partial charge in [-0.2, -0.15) is 5.26 Å². The number of aromatic nitrogens is 3. The van der Waals surface area contributed by atoms with E-state index in [1.807, 2.05) is 30.3 Å². The van der Waals surface area contributed by atoms with E-state index in [0.29, 0.717) is 11.3 Å². The van der Waals surface area contributed by atoms with Crippen LogP contribution in [-0.2, 0) is 0 Å². The molecule has 8 aromatic carbocycles. The Morgan fingerprint density at radius 1 is 0.418 bits per heavy atom. The Morgan fingerprint density at radius 2 is 0.891 bits per heavy atom. The highest BCUT2D eigenvalue weighted by Crippen LogP contribution is 2.40. The molecule has 0 N–H and O–H groups in total. The molecule has 0 unspecified atom stereocenters. The van der Waals surface area contributed by atoms with Gasteiger partial charge in [0.15, 0.2) is 5.69 Å². The summed E-state index contributed by atoms with van der Waals surface area (Å²) >= 11 is 0. The second-order valence-electron chi connectivity index (χ2n) is 13.9. The zero-order chi connectivity index (χ0) is 36.6. The number of nitriles is 1. The minimum atomic E-state index is 0.585. The van der Waals surface area contributed by atoms with Crippen LogP contribution in [0.25, 0.3) is 98.5 Å². The molecule has 11 rings (SSSR count). The van der Waals surface area contributed by atoms with Crippen LogP contribution in [0.5, 0.6) is 0 Å². The third-order valence-corrected chi connectivity index (χ3v) is 11.1. The minimum Gasteiger partial charge on any atom is -0.311 e. The van der Waals surface area contributed by atoms with Crippen molar-refractivity contribution < 1.29 is 0 Å². The molecule has 55 heavy (non-hydrogen) atoms. The standard InChI is InChI=1S/C50H29N5/c1-52-44-30-36(25-27-37(44)32-21-23-34(24-22-32)55-48-20-9-4-14-40(48)42-16-10-11-33(31-51)50(42)55)54-47-19-8-5-15-41(47)43-29-35(26-28-49(43)54)53-45-17-6-2-12-38(45)39-13-3-7-18-46(39)53/h2-30H. The second kappa shape index (κ2) is 11.8. The van der Waals surface area contributed by atoms with Crippen molar-refractivity contribution in [1.29, 1.82) is 5.26 Å². The molecule has 0 bridgehead atoms. The van der Waals surface area contributed by atoms with Gasteiger partial charge in [0.1, 0.15) is 6.07 Å². The quantitative estimate of drug-likeness (QED) is 0.169. The first-order valence-corrected chi connectivity index (χ1v) is 18.3. The van der Waals surface area contributed by atoms with E-state index < -0.39 is 0 Å². The van der Waals surface area contributed by atoms with E-state index in [2.05, 4.69) is 170 Å². The predicted octanol–water partition coefficient (Wildman–Crippen LogP) is 13.1. The fraction of sp³-hybridized carbons (Fsp3) is 0. The van der Waals surface area contributed by atoms with Crippen LogP contribution in [0.15, 0.2) is 176 Å². The van der Waals surface area contributed by atoms with E-state index in [0.717, 1.165) is 71.8 Å². The van der Waals surface area contributed by atoms with Crippen molar-refractivity contribution in [1.82, 2.24) is 13.7 Å². The van der Waals surface area contributed by atoms with Crippen LogP contribution in [0.3, 0.4) is 0 Å². The van der Waals surface area contributed by atoms with Crippen LogP contribution >= 0.6 is 0 Å². The summed E-state index contributed by atoms with van der Waals surface area (Å²) in [6.07, 6.45) is 0. The fourth-order valence-corrected chi connectivity index (χ4v) is 8.74. The Balaban J connectivity index is 1.03. The Bertz CT molecular complexity index is 3400. The van der Waals surface area contributed by atoms with E-state index >= 15 is 0 Å². The first-order chi connectivity index (χ1) is 27.2. The van der Waals surface area contributed by atoms with Crippen molar-refractivity contribution in [3.05, 3.63) is 193 Å². The maximum absolute atomic E-state index is 10.0. The molecular formula is C50H29N5.